The van der Waals surface area contributed by atoms with Crippen LogP contribution >= 0.6 is 0 Å². The lowest BCUT2D eigenvalue weighted by Gasteiger charge is -2.26. The summed E-state index contributed by atoms with van der Waals surface area (Å²) >= 11 is 0. The first-order chi connectivity index (χ1) is 9.73. The molecule has 0 radical (unpaired) electrons. The Bertz CT molecular complexity index is 446. The number of esters is 1. The van der Waals surface area contributed by atoms with Gasteiger partial charge in [-0.2, -0.15) is 34.8 Å². The van der Waals surface area contributed by atoms with E-state index in [9.17, 15) is 39.6 Å². The van der Waals surface area contributed by atoms with E-state index in [1.165, 1.54) is 0 Å². The molecule has 0 saturated heterocycles. The van der Waals surface area contributed by atoms with Crippen LogP contribution < -0.4 is 0 Å². The van der Waals surface area contributed by atoms with Crippen LogP contribution in [0.25, 0.3) is 0 Å². The van der Waals surface area contributed by atoms with E-state index in [0.29, 0.717) is 0 Å². The van der Waals surface area contributed by atoms with Gasteiger partial charge in [0.05, 0.1) is 0 Å². The number of hydrogen-bond acceptors (Lipinski definition) is 5. The third kappa shape index (κ3) is 9.78. The molecular weight excluding hydrogens is 348 g/mol. The fraction of sp³-hybridized carbons (Fsp3) is 0.889. The van der Waals surface area contributed by atoms with Gasteiger partial charge in [-0.15, -0.1) is 4.90 Å². The van der Waals surface area contributed by atoms with Crippen molar-refractivity contribution in [3.05, 3.63) is 0 Å². The number of carbonyl (C=O) groups excluding carboxylic acids is 1. The third-order valence-electron chi connectivity index (χ3n) is 2.23. The number of halogens is 6. The van der Waals surface area contributed by atoms with Crippen LogP contribution in [0, 0.1) is 0 Å². The van der Waals surface area contributed by atoms with Gasteiger partial charge < -0.3 is 4.74 Å². The summed E-state index contributed by atoms with van der Waals surface area (Å²) in [5.74, 6) is -1.84. The summed E-state index contributed by atoms with van der Waals surface area (Å²) in [6.45, 7) is -2.03. The van der Waals surface area contributed by atoms with Crippen LogP contribution in [0.15, 0.2) is 0 Å². The van der Waals surface area contributed by atoms with E-state index in [1.54, 1.807) is 0 Å². The Balaban J connectivity index is 4.07. The Labute approximate surface area is 121 Å². The predicted octanol–water partition coefficient (Wildman–Crippen LogP) is 1.93. The number of carbonyl (C=O) groups is 1. The number of nitrogens with zero attached hydrogens (tertiary/aromatic N) is 1. The molecule has 0 unspecified atom stereocenters. The lowest BCUT2D eigenvalue weighted by Crippen LogP contribution is -2.48. The van der Waals surface area contributed by atoms with E-state index >= 15 is 0 Å². The smallest absolute Gasteiger partial charge is 0.464 e. The average molecular weight is 361 g/mol. The molecule has 0 amide bonds. The average Bonchev–Trinajstić information content (AvgIpc) is 2.22. The van der Waals surface area contributed by atoms with Crippen LogP contribution in [-0.2, 0) is 19.6 Å². The molecule has 6 nitrogen and oxygen atoms in total. The molecule has 0 bridgehead atoms. The lowest BCUT2D eigenvalue weighted by molar-refractivity contribution is -0.372. The maximum Gasteiger partial charge on any atom is 0.467 e. The second kappa shape index (κ2) is 7.97. The fourth-order valence-electron chi connectivity index (χ4n) is 1.27. The van der Waals surface area contributed by atoms with Crippen molar-refractivity contribution in [1.82, 2.24) is 4.90 Å². The molecule has 0 atom stereocenters. The van der Waals surface area contributed by atoms with Gasteiger partial charge in [0.25, 0.3) is 10.1 Å². The Hall–Kier alpha value is -1.08. The summed E-state index contributed by atoms with van der Waals surface area (Å²) in [6.07, 6.45) is -12.5. The molecule has 1 N–H and O–H groups in total. The molecule has 0 rings (SSSR count). The van der Waals surface area contributed by atoms with Crippen molar-refractivity contribution in [2.45, 2.75) is 31.9 Å². The summed E-state index contributed by atoms with van der Waals surface area (Å²) in [5, 5.41) is 0. The second-order valence-electron chi connectivity index (χ2n) is 4.05. The van der Waals surface area contributed by atoms with Crippen molar-refractivity contribution in [2.75, 3.05) is 18.9 Å². The summed E-state index contributed by atoms with van der Waals surface area (Å²) < 4.78 is 106. The van der Waals surface area contributed by atoms with E-state index in [1.807, 2.05) is 0 Å². The maximum atomic E-state index is 12.1. The molecule has 0 spiro atoms. The number of rotatable bonds is 8. The predicted molar refractivity (Wildman–Crippen MR) is 60.0 cm³/mol. The molecule has 0 aromatic rings. The molecule has 0 saturated carbocycles. The van der Waals surface area contributed by atoms with Crippen molar-refractivity contribution in [1.29, 1.82) is 0 Å². The number of alkyl halides is 6. The maximum absolute atomic E-state index is 12.1. The fourth-order valence-corrected chi connectivity index (χ4v) is 1.56. The largest absolute Gasteiger partial charge is 0.467 e. The van der Waals surface area contributed by atoms with E-state index in [0.717, 1.165) is 0 Å². The monoisotopic (exact) mass is 361 g/mol. The zero-order valence-electron chi connectivity index (χ0n) is 10.9. The van der Waals surface area contributed by atoms with Gasteiger partial charge in [-0.25, -0.2) is 0 Å². The molecule has 0 heterocycles. The Morgan fingerprint density at radius 2 is 1.55 bits per heavy atom. The highest BCUT2D eigenvalue weighted by atomic mass is 32.2. The number of unbranched alkanes of at least 4 members (excludes halogenated alkanes) is 1. The van der Waals surface area contributed by atoms with Crippen LogP contribution in [-0.4, -0.2) is 55.3 Å². The van der Waals surface area contributed by atoms with Crippen LogP contribution in [0.5, 0.6) is 0 Å². The molecule has 13 heteroatoms. The third-order valence-corrected chi connectivity index (χ3v) is 2.91. The van der Waals surface area contributed by atoms with Gasteiger partial charge in [-0.1, -0.05) is 0 Å². The minimum atomic E-state index is -5.58. The van der Waals surface area contributed by atoms with Gasteiger partial charge in [-0.05, 0) is 12.8 Å². The van der Waals surface area contributed by atoms with Crippen LogP contribution in [0.1, 0.15) is 19.3 Å². The van der Waals surface area contributed by atoms with Crippen molar-refractivity contribution in [3.8, 4) is 0 Å². The van der Waals surface area contributed by atoms with Gasteiger partial charge in [0.1, 0.15) is 12.4 Å². The van der Waals surface area contributed by atoms with Crippen LogP contribution in [0.3, 0.4) is 0 Å². The van der Waals surface area contributed by atoms with E-state index in [-0.39, 0.29) is 6.42 Å². The zero-order chi connectivity index (χ0) is 17.6. The van der Waals surface area contributed by atoms with Crippen LogP contribution in [0.4, 0.5) is 26.3 Å². The van der Waals surface area contributed by atoms with Gasteiger partial charge in [0, 0.05) is 13.0 Å². The highest BCUT2D eigenvalue weighted by Gasteiger charge is 2.53. The molecule has 0 aliphatic rings. The molecule has 0 aliphatic heterocycles. The van der Waals surface area contributed by atoms with Crippen molar-refractivity contribution >= 4 is 16.1 Å². The van der Waals surface area contributed by atoms with Crippen molar-refractivity contribution in [2.24, 2.45) is 0 Å². The SMILES string of the molecule is O=C(CCCCN(C(F)(F)F)C(F)(F)F)OCCS(=O)(=O)O. The van der Waals surface area contributed by atoms with Gasteiger partial charge in [0.15, 0.2) is 0 Å². The van der Waals surface area contributed by atoms with Gasteiger partial charge in [0.2, 0.25) is 0 Å². The highest BCUT2D eigenvalue weighted by Crippen LogP contribution is 2.33. The van der Waals surface area contributed by atoms with Crippen LogP contribution in [0.2, 0.25) is 0 Å². The topological polar surface area (TPSA) is 83.9 Å². The van der Waals surface area contributed by atoms with Crippen molar-refractivity contribution in [3.63, 3.8) is 0 Å². The Morgan fingerprint density at radius 1 is 1.05 bits per heavy atom. The van der Waals surface area contributed by atoms with E-state index < -0.39 is 65.3 Å². The van der Waals surface area contributed by atoms with E-state index in [2.05, 4.69) is 4.74 Å². The first-order valence-corrected chi connectivity index (χ1v) is 7.36. The first kappa shape index (κ1) is 20.9. The molecule has 0 aromatic carbocycles. The summed E-state index contributed by atoms with van der Waals surface area (Å²) in [6, 6.07) is 0. The minimum Gasteiger partial charge on any atom is -0.464 e. The first-order valence-electron chi connectivity index (χ1n) is 5.75. The standard InChI is InChI=1S/C9H13F6NO5S/c10-8(11,12)16(9(13,14)15)4-2-1-3-7(17)21-5-6-22(18,19)20/h1-6H2,(H,18,19,20). The Morgan fingerprint density at radius 3 is 1.95 bits per heavy atom. The molecule has 132 valence electrons. The molecule has 0 aromatic heterocycles. The highest BCUT2D eigenvalue weighted by molar-refractivity contribution is 7.85. The molecular formula is C9H13F6NO5S. The van der Waals surface area contributed by atoms with E-state index in [4.69, 9.17) is 4.55 Å². The number of hydrogen-bond donors (Lipinski definition) is 1. The van der Waals surface area contributed by atoms with Gasteiger partial charge >= 0.3 is 18.6 Å². The zero-order valence-corrected chi connectivity index (χ0v) is 11.8. The summed E-state index contributed by atoms with van der Waals surface area (Å²) in [7, 11) is -4.32. The quantitative estimate of drug-likeness (QED) is 0.234. The lowest BCUT2D eigenvalue weighted by atomic mass is 10.2. The normalized spacial score (nSPS) is 13.5. The second-order valence-corrected chi connectivity index (χ2v) is 5.62. The Kier molecular flexibility index (Phi) is 7.57. The minimum absolute atomic E-state index is 0.312. The summed E-state index contributed by atoms with van der Waals surface area (Å²) in [4.78, 5) is 9.40. The number of ether oxygens (including phenoxy) is 1. The summed E-state index contributed by atoms with van der Waals surface area (Å²) in [5.41, 5.74) is 0. The molecule has 22 heavy (non-hydrogen) atoms. The van der Waals surface area contributed by atoms with Crippen molar-refractivity contribution < 1.29 is 48.8 Å². The molecule has 0 aliphatic carbocycles. The molecule has 0 fully saturated rings. The van der Waals surface area contributed by atoms with Gasteiger partial charge in [-0.3, -0.25) is 9.35 Å².